The number of allylic oxidation sites excluding steroid dienone is 4. The van der Waals surface area contributed by atoms with Gasteiger partial charge in [-0.1, -0.05) is 129 Å². The van der Waals surface area contributed by atoms with Gasteiger partial charge in [-0.2, -0.15) is 5.26 Å². The van der Waals surface area contributed by atoms with Crippen molar-refractivity contribution >= 4 is 43.9 Å². The molecule has 246 valence electrons. The van der Waals surface area contributed by atoms with E-state index in [4.69, 9.17) is 4.98 Å². The summed E-state index contributed by atoms with van der Waals surface area (Å²) >= 11 is 0. The third-order valence-electron chi connectivity index (χ3n) is 11.3. The molecule has 0 saturated carbocycles. The number of benzene rings is 6. The summed E-state index contributed by atoms with van der Waals surface area (Å²) in [5.74, 6) is 0. The number of nitrogens with zero attached hydrogens (tertiary/aromatic N) is 3. The number of hydrogen-bond acceptors (Lipinski definition) is 2. The summed E-state index contributed by atoms with van der Waals surface area (Å²) in [6.45, 7) is 4.71. The fourth-order valence-corrected chi connectivity index (χ4v) is 8.92. The highest BCUT2D eigenvalue weighted by molar-refractivity contribution is 6.17. The Morgan fingerprint density at radius 2 is 1.42 bits per heavy atom. The highest BCUT2D eigenvalue weighted by Crippen LogP contribution is 2.53. The van der Waals surface area contributed by atoms with E-state index in [0.29, 0.717) is 5.56 Å². The molecule has 0 fully saturated rings. The lowest BCUT2D eigenvalue weighted by molar-refractivity contribution is 0.655. The zero-order valence-corrected chi connectivity index (χ0v) is 29.1. The van der Waals surface area contributed by atoms with Crippen LogP contribution in [0.4, 0.5) is 0 Å². The van der Waals surface area contributed by atoms with Crippen LogP contribution < -0.4 is 0 Å². The number of para-hydroxylation sites is 2. The number of rotatable bonds is 4. The summed E-state index contributed by atoms with van der Waals surface area (Å²) in [6, 6.07) is 54.2. The van der Waals surface area contributed by atoms with Crippen LogP contribution in [-0.2, 0) is 5.41 Å². The minimum absolute atomic E-state index is 0.000653. The fraction of sp³-hybridized carbons (Fsp3) is 0.102. The van der Waals surface area contributed by atoms with Crippen LogP contribution in [0.25, 0.3) is 66.1 Å². The normalized spacial score (nSPS) is 16.0. The van der Waals surface area contributed by atoms with Crippen LogP contribution in [-0.4, -0.2) is 9.55 Å². The van der Waals surface area contributed by atoms with Crippen LogP contribution >= 0.6 is 0 Å². The number of aromatic nitrogens is 2. The van der Waals surface area contributed by atoms with E-state index in [1.807, 2.05) is 18.2 Å². The second kappa shape index (κ2) is 11.5. The molecule has 2 aromatic heterocycles. The van der Waals surface area contributed by atoms with E-state index in [-0.39, 0.29) is 11.5 Å². The molecule has 2 aliphatic rings. The molecule has 10 rings (SSSR count). The minimum atomic E-state index is -0.0822. The first-order chi connectivity index (χ1) is 25.5. The molecular formula is C49H35N3. The zero-order valence-electron chi connectivity index (χ0n) is 29.1. The third kappa shape index (κ3) is 4.54. The highest BCUT2D eigenvalue weighted by atomic mass is 15.0. The minimum Gasteiger partial charge on any atom is -0.333 e. The molecule has 52 heavy (non-hydrogen) atoms. The lowest BCUT2D eigenvalue weighted by Crippen LogP contribution is -2.15. The van der Waals surface area contributed by atoms with Gasteiger partial charge >= 0.3 is 0 Å². The van der Waals surface area contributed by atoms with E-state index in [2.05, 4.69) is 164 Å². The molecule has 0 bridgehead atoms. The van der Waals surface area contributed by atoms with Crippen molar-refractivity contribution in [3.05, 3.63) is 186 Å². The Morgan fingerprint density at radius 1 is 0.673 bits per heavy atom. The van der Waals surface area contributed by atoms with Crippen molar-refractivity contribution in [1.29, 1.82) is 5.26 Å². The van der Waals surface area contributed by atoms with Crippen molar-refractivity contribution in [1.82, 2.24) is 9.55 Å². The van der Waals surface area contributed by atoms with Crippen molar-refractivity contribution in [3.8, 4) is 28.3 Å². The molecular weight excluding hydrogens is 631 g/mol. The van der Waals surface area contributed by atoms with Gasteiger partial charge < -0.3 is 4.57 Å². The van der Waals surface area contributed by atoms with E-state index < -0.39 is 0 Å². The second-order valence-corrected chi connectivity index (χ2v) is 14.6. The van der Waals surface area contributed by atoms with Gasteiger partial charge in [0.1, 0.15) is 0 Å². The molecule has 0 amide bonds. The van der Waals surface area contributed by atoms with Crippen molar-refractivity contribution < 1.29 is 0 Å². The van der Waals surface area contributed by atoms with Crippen LogP contribution in [0.15, 0.2) is 158 Å². The SMILES string of the molecule is CC1(C)c2ccccc2-c2c1ccc1c2c2ccccc2n1C1C=C(c2cc(-c3ccccc3)c3ccccc3n2)C=C(c2cccc(C#N)c2)C1. The predicted molar refractivity (Wildman–Crippen MR) is 215 cm³/mol. The maximum atomic E-state index is 9.86. The standard InChI is InChI=1S/C49H35N3/c1-49(2)41-20-9-6-18-38(41)47-42(49)23-24-46-48(47)39-19-8-11-22-45(39)52(46)36-27-34(33-16-12-13-31(25-33)30-50)26-35(28-36)44-29-40(32-14-4-3-5-15-32)37-17-7-10-21-43(37)51-44/h3-26,28-29,36H,27H2,1-2H3. The Bertz CT molecular complexity index is 2860. The molecule has 0 aliphatic heterocycles. The maximum absolute atomic E-state index is 9.86. The first-order valence-corrected chi connectivity index (χ1v) is 18.0. The van der Waals surface area contributed by atoms with E-state index in [0.717, 1.165) is 34.2 Å². The molecule has 2 aliphatic carbocycles. The molecule has 3 nitrogen and oxygen atoms in total. The average molecular weight is 666 g/mol. The summed E-state index contributed by atoms with van der Waals surface area (Å²) < 4.78 is 2.55. The molecule has 8 aromatic rings. The average Bonchev–Trinajstić information content (AvgIpc) is 3.66. The molecule has 2 heterocycles. The molecule has 1 unspecified atom stereocenters. The molecule has 0 radical (unpaired) electrons. The van der Waals surface area contributed by atoms with E-state index >= 15 is 0 Å². The van der Waals surface area contributed by atoms with Gasteiger partial charge in [0.2, 0.25) is 0 Å². The second-order valence-electron chi connectivity index (χ2n) is 14.6. The van der Waals surface area contributed by atoms with E-state index in [9.17, 15) is 5.26 Å². The van der Waals surface area contributed by atoms with Crippen molar-refractivity contribution in [2.45, 2.75) is 31.7 Å². The van der Waals surface area contributed by atoms with Gasteiger partial charge in [-0.25, -0.2) is 4.98 Å². The Labute approximate surface area is 303 Å². The quantitative estimate of drug-likeness (QED) is 0.188. The van der Waals surface area contributed by atoms with E-state index in [1.54, 1.807) is 0 Å². The maximum Gasteiger partial charge on any atom is 0.0991 e. The van der Waals surface area contributed by atoms with Gasteiger partial charge in [0.05, 0.1) is 34.4 Å². The summed E-state index contributed by atoms with van der Waals surface area (Å²) in [7, 11) is 0. The summed E-state index contributed by atoms with van der Waals surface area (Å²) in [4.78, 5) is 5.30. The molecule has 6 aromatic carbocycles. The van der Waals surface area contributed by atoms with Gasteiger partial charge in [-0.05, 0) is 99.0 Å². The number of fused-ring (bicyclic) bond motifs is 8. The monoisotopic (exact) mass is 665 g/mol. The Morgan fingerprint density at radius 3 is 2.29 bits per heavy atom. The van der Waals surface area contributed by atoms with Crippen molar-refractivity contribution in [3.63, 3.8) is 0 Å². The summed E-state index contributed by atoms with van der Waals surface area (Å²) in [5.41, 5.74) is 16.1. The van der Waals surface area contributed by atoms with Crippen LogP contribution in [0.3, 0.4) is 0 Å². The Hall–Kier alpha value is -6.50. The number of hydrogen-bond donors (Lipinski definition) is 0. The Kier molecular flexibility index (Phi) is 6.72. The Balaban J connectivity index is 1.24. The molecule has 0 saturated heterocycles. The van der Waals surface area contributed by atoms with Crippen LogP contribution in [0.1, 0.15) is 54.3 Å². The topological polar surface area (TPSA) is 41.6 Å². The third-order valence-corrected chi connectivity index (χ3v) is 11.3. The van der Waals surface area contributed by atoms with Crippen molar-refractivity contribution in [2.24, 2.45) is 0 Å². The smallest absolute Gasteiger partial charge is 0.0991 e. The molecule has 3 heteroatoms. The first-order valence-electron chi connectivity index (χ1n) is 18.0. The summed E-state index contributed by atoms with van der Waals surface area (Å²) in [5, 5.41) is 13.6. The molecule has 1 atom stereocenters. The van der Waals surface area contributed by atoms with Crippen LogP contribution in [0.5, 0.6) is 0 Å². The lowest BCUT2D eigenvalue weighted by atomic mass is 9.82. The van der Waals surface area contributed by atoms with Crippen molar-refractivity contribution in [2.75, 3.05) is 0 Å². The summed E-state index contributed by atoms with van der Waals surface area (Å²) in [6.07, 6.45) is 5.49. The number of nitriles is 1. The molecule has 0 N–H and O–H groups in total. The lowest BCUT2D eigenvalue weighted by Gasteiger charge is -2.26. The van der Waals surface area contributed by atoms with Gasteiger partial charge in [0.15, 0.2) is 0 Å². The zero-order chi connectivity index (χ0) is 35.0. The fourth-order valence-electron chi connectivity index (χ4n) is 8.92. The van der Waals surface area contributed by atoms with Crippen LogP contribution in [0, 0.1) is 11.3 Å². The highest BCUT2D eigenvalue weighted by Gasteiger charge is 2.37. The predicted octanol–water partition coefficient (Wildman–Crippen LogP) is 12.3. The molecule has 0 spiro atoms. The van der Waals surface area contributed by atoms with Gasteiger partial charge in [0.25, 0.3) is 0 Å². The van der Waals surface area contributed by atoms with E-state index in [1.165, 1.54) is 60.8 Å². The van der Waals surface area contributed by atoms with Gasteiger partial charge in [-0.3, -0.25) is 0 Å². The van der Waals surface area contributed by atoms with Crippen LogP contribution in [0.2, 0.25) is 0 Å². The van der Waals surface area contributed by atoms with Gasteiger partial charge in [-0.15, -0.1) is 0 Å². The number of pyridine rings is 1. The largest absolute Gasteiger partial charge is 0.333 e. The first kappa shape index (κ1) is 30.3. The van der Waals surface area contributed by atoms with Gasteiger partial charge in [0, 0.05) is 27.1 Å².